The van der Waals surface area contributed by atoms with Crippen molar-refractivity contribution in [2.24, 2.45) is 5.92 Å². The Hall–Kier alpha value is -1.16. The van der Waals surface area contributed by atoms with Crippen LogP contribution in [0.4, 0.5) is 5.82 Å². The first-order valence-corrected chi connectivity index (χ1v) is 6.15. The van der Waals surface area contributed by atoms with Crippen molar-refractivity contribution >= 4 is 27.4 Å². The van der Waals surface area contributed by atoms with Crippen LogP contribution < -0.4 is 5.32 Å². The molecule has 2 heterocycles. The lowest BCUT2D eigenvalue weighted by Gasteiger charge is -2.04. The van der Waals surface area contributed by atoms with Crippen molar-refractivity contribution in [1.82, 2.24) is 9.97 Å². The molecule has 1 N–H and O–H groups in total. The molecule has 0 bridgehead atoms. The van der Waals surface area contributed by atoms with Crippen LogP contribution in [-0.4, -0.2) is 16.5 Å². The molecule has 1 aliphatic rings. The highest BCUT2D eigenvalue weighted by Crippen LogP contribution is 2.31. The third kappa shape index (κ3) is 1.69. The van der Waals surface area contributed by atoms with Gasteiger partial charge in [-0.2, -0.15) is 0 Å². The Morgan fingerprint density at radius 2 is 2.33 bits per heavy atom. The van der Waals surface area contributed by atoms with Gasteiger partial charge in [-0.1, -0.05) is 0 Å². The predicted octanol–water partition coefficient (Wildman–Crippen LogP) is 2.82. The summed E-state index contributed by atoms with van der Waals surface area (Å²) in [5.41, 5.74) is 2.33. The topological polar surface area (TPSA) is 37.8 Å². The van der Waals surface area contributed by atoms with Crippen molar-refractivity contribution in [3.8, 4) is 0 Å². The van der Waals surface area contributed by atoms with E-state index in [1.54, 1.807) is 17.7 Å². The molecule has 3 rings (SSSR count). The van der Waals surface area contributed by atoms with Crippen molar-refractivity contribution in [2.45, 2.75) is 19.8 Å². The minimum atomic E-state index is 0.871. The van der Waals surface area contributed by atoms with Gasteiger partial charge in [-0.3, -0.25) is 0 Å². The second-order valence-corrected chi connectivity index (χ2v) is 5.02. The van der Waals surface area contributed by atoms with Crippen molar-refractivity contribution in [1.29, 1.82) is 0 Å². The minimum Gasteiger partial charge on any atom is -0.369 e. The van der Waals surface area contributed by atoms with Crippen LogP contribution in [0.5, 0.6) is 0 Å². The average Bonchev–Trinajstić information content (AvgIpc) is 3.01. The molecule has 0 amide bonds. The zero-order chi connectivity index (χ0) is 10.3. The molecule has 4 heteroatoms. The number of hydrogen-bond acceptors (Lipinski definition) is 4. The Balaban J connectivity index is 1.94. The second-order valence-electron chi connectivity index (χ2n) is 4.14. The van der Waals surface area contributed by atoms with E-state index in [1.807, 2.05) is 0 Å². The molecule has 0 atom stereocenters. The third-order valence-electron chi connectivity index (χ3n) is 2.79. The number of rotatable bonds is 3. The molecule has 15 heavy (non-hydrogen) atoms. The Morgan fingerprint density at radius 3 is 3.13 bits per heavy atom. The summed E-state index contributed by atoms with van der Waals surface area (Å²) in [7, 11) is 0. The van der Waals surface area contributed by atoms with Gasteiger partial charge in [0.25, 0.3) is 0 Å². The van der Waals surface area contributed by atoms with Gasteiger partial charge < -0.3 is 5.32 Å². The Bertz CT molecular complexity index is 488. The molecule has 0 saturated heterocycles. The largest absolute Gasteiger partial charge is 0.369 e. The number of hydrogen-bond donors (Lipinski definition) is 1. The molecule has 0 aliphatic heterocycles. The van der Waals surface area contributed by atoms with Crippen molar-refractivity contribution in [3.63, 3.8) is 0 Å². The fourth-order valence-electron chi connectivity index (χ4n) is 1.66. The monoisotopic (exact) mass is 219 g/mol. The summed E-state index contributed by atoms with van der Waals surface area (Å²) in [6.45, 7) is 3.15. The van der Waals surface area contributed by atoms with Gasteiger partial charge in [0.1, 0.15) is 12.1 Å². The molecule has 0 radical (unpaired) electrons. The van der Waals surface area contributed by atoms with Gasteiger partial charge in [0.05, 0.1) is 10.2 Å². The number of aryl methyl sites for hydroxylation is 1. The molecule has 0 unspecified atom stereocenters. The summed E-state index contributed by atoms with van der Waals surface area (Å²) >= 11 is 1.73. The van der Waals surface area contributed by atoms with Gasteiger partial charge in [-0.05, 0) is 36.6 Å². The molecule has 1 aliphatic carbocycles. The maximum absolute atomic E-state index is 4.31. The maximum Gasteiger partial charge on any atom is 0.147 e. The molecule has 0 aromatic carbocycles. The van der Waals surface area contributed by atoms with E-state index in [2.05, 4.69) is 27.6 Å². The van der Waals surface area contributed by atoms with Gasteiger partial charge in [0.15, 0.2) is 0 Å². The number of thiophene rings is 1. The van der Waals surface area contributed by atoms with E-state index >= 15 is 0 Å². The maximum atomic E-state index is 4.31. The quantitative estimate of drug-likeness (QED) is 0.862. The van der Waals surface area contributed by atoms with E-state index < -0.39 is 0 Å². The Kier molecular flexibility index (Phi) is 2.09. The minimum absolute atomic E-state index is 0.871. The zero-order valence-electron chi connectivity index (χ0n) is 8.66. The molecule has 3 nitrogen and oxygen atoms in total. The van der Waals surface area contributed by atoms with E-state index in [0.717, 1.165) is 23.8 Å². The van der Waals surface area contributed by atoms with Crippen LogP contribution in [0.1, 0.15) is 18.4 Å². The number of fused-ring (bicyclic) bond motifs is 1. The highest BCUT2D eigenvalue weighted by Gasteiger charge is 2.21. The lowest BCUT2D eigenvalue weighted by Crippen LogP contribution is -2.05. The van der Waals surface area contributed by atoms with Gasteiger partial charge in [-0.25, -0.2) is 9.97 Å². The molecule has 0 spiro atoms. The average molecular weight is 219 g/mol. The first-order chi connectivity index (χ1) is 7.34. The van der Waals surface area contributed by atoms with Gasteiger partial charge in [-0.15, -0.1) is 11.3 Å². The smallest absolute Gasteiger partial charge is 0.147 e. The summed E-state index contributed by atoms with van der Waals surface area (Å²) < 4.78 is 1.19. The molecule has 78 valence electrons. The molecule has 2 aromatic heterocycles. The number of nitrogens with one attached hydrogen (secondary N) is 1. The Morgan fingerprint density at radius 1 is 1.47 bits per heavy atom. The van der Waals surface area contributed by atoms with Crippen molar-refractivity contribution in [3.05, 3.63) is 17.3 Å². The van der Waals surface area contributed by atoms with Gasteiger partial charge >= 0.3 is 0 Å². The summed E-state index contributed by atoms with van der Waals surface area (Å²) in [5, 5.41) is 5.56. The summed E-state index contributed by atoms with van der Waals surface area (Å²) in [6, 6.07) is 0. The van der Waals surface area contributed by atoms with Crippen molar-refractivity contribution in [2.75, 3.05) is 11.9 Å². The SMILES string of the molecule is Cc1csc2c(NCC3CC3)ncnc12. The molecular formula is C11H13N3S. The summed E-state index contributed by atoms with van der Waals surface area (Å²) in [6.07, 6.45) is 4.38. The molecule has 2 aromatic rings. The van der Waals surface area contributed by atoms with E-state index in [9.17, 15) is 0 Å². The third-order valence-corrected chi connectivity index (χ3v) is 3.88. The number of nitrogens with zero attached hydrogens (tertiary/aromatic N) is 2. The molecule has 1 saturated carbocycles. The lowest BCUT2D eigenvalue weighted by molar-refractivity contribution is 0.884. The molecule has 1 fully saturated rings. The van der Waals surface area contributed by atoms with Crippen LogP contribution in [0.3, 0.4) is 0 Å². The van der Waals surface area contributed by atoms with Crippen LogP contribution in [0.25, 0.3) is 10.2 Å². The van der Waals surface area contributed by atoms with E-state index in [0.29, 0.717) is 0 Å². The molecular weight excluding hydrogens is 206 g/mol. The standard InChI is InChI=1S/C11H13N3S/c1-7-5-15-10-9(7)13-6-14-11(10)12-4-8-2-3-8/h5-6,8H,2-4H2,1H3,(H,12,13,14). The van der Waals surface area contributed by atoms with Crippen LogP contribution in [0.15, 0.2) is 11.7 Å². The fraction of sp³-hybridized carbons (Fsp3) is 0.455. The van der Waals surface area contributed by atoms with E-state index in [-0.39, 0.29) is 0 Å². The van der Waals surface area contributed by atoms with E-state index in [4.69, 9.17) is 0 Å². The lowest BCUT2D eigenvalue weighted by atomic mass is 10.3. The highest BCUT2D eigenvalue weighted by molar-refractivity contribution is 7.18. The second kappa shape index (κ2) is 3.45. The first-order valence-electron chi connectivity index (χ1n) is 5.27. The summed E-state index contributed by atoms with van der Waals surface area (Å²) in [4.78, 5) is 8.61. The Labute approximate surface area is 92.6 Å². The first kappa shape index (κ1) is 9.09. The van der Waals surface area contributed by atoms with E-state index in [1.165, 1.54) is 23.1 Å². The van der Waals surface area contributed by atoms with Crippen LogP contribution in [0, 0.1) is 12.8 Å². The summed E-state index contributed by atoms with van der Waals surface area (Å²) in [5.74, 6) is 1.88. The normalized spacial score (nSPS) is 15.8. The van der Waals surface area contributed by atoms with Gasteiger partial charge in [0, 0.05) is 6.54 Å². The van der Waals surface area contributed by atoms with Crippen LogP contribution in [0.2, 0.25) is 0 Å². The number of anilines is 1. The zero-order valence-corrected chi connectivity index (χ0v) is 9.47. The highest BCUT2D eigenvalue weighted by atomic mass is 32.1. The van der Waals surface area contributed by atoms with Gasteiger partial charge in [0.2, 0.25) is 0 Å². The predicted molar refractivity (Wildman–Crippen MR) is 63.4 cm³/mol. The van der Waals surface area contributed by atoms with Crippen LogP contribution >= 0.6 is 11.3 Å². The fourth-order valence-corrected chi connectivity index (χ4v) is 2.63. The number of aromatic nitrogens is 2. The van der Waals surface area contributed by atoms with Crippen molar-refractivity contribution < 1.29 is 0 Å². The van der Waals surface area contributed by atoms with Crippen LogP contribution in [-0.2, 0) is 0 Å².